The Kier molecular flexibility index (Phi) is 4.53. The summed E-state index contributed by atoms with van der Waals surface area (Å²) < 4.78 is 6.86. The lowest BCUT2D eigenvalue weighted by molar-refractivity contribution is 0.352. The summed E-state index contributed by atoms with van der Waals surface area (Å²) in [5.41, 5.74) is 9.60. The Morgan fingerprint density at radius 2 is 2.14 bits per heavy atom. The highest BCUT2D eigenvalue weighted by Crippen LogP contribution is 2.35. The summed E-state index contributed by atoms with van der Waals surface area (Å²) in [7, 11) is 0. The van der Waals surface area contributed by atoms with Crippen molar-refractivity contribution in [2.24, 2.45) is 5.73 Å². The molecular weight excluding hydrogens is 350 g/mol. The van der Waals surface area contributed by atoms with Gasteiger partial charge in [-0.15, -0.1) is 0 Å². The van der Waals surface area contributed by atoms with Crippen molar-refractivity contribution in [3.8, 4) is 5.75 Å². The van der Waals surface area contributed by atoms with E-state index in [1.807, 2.05) is 24.3 Å². The molecule has 1 unspecified atom stereocenters. The Morgan fingerprint density at radius 3 is 2.90 bits per heavy atom. The third kappa shape index (κ3) is 3.25. The zero-order valence-corrected chi connectivity index (χ0v) is 14.0. The summed E-state index contributed by atoms with van der Waals surface area (Å²) >= 11 is 9.75. The molecule has 0 saturated heterocycles. The van der Waals surface area contributed by atoms with Crippen LogP contribution in [0.25, 0.3) is 0 Å². The van der Waals surface area contributed by atoms with Gasteiger partial charge >= 0.3 is 0 Å². The van der Waals surface area contributed by atoms with E-state index in [0.717, 1.165) is 40.3 Å². The van der Waals surface area contributed by atoms with Crippen LogP contribution in [0.15, 0.2) is 40.9 Å². The molecule has 0 saturated carbocycles. The van der Waals surface area contributed by atoms with E-state index in [2.05, 4.69) is 28.1 Å². The highest BCUT2D eigenvalue weighted by atomic mass is 79.9. The van der Waals surface area contributed by atoms with Crippen molar-refractivity contribution in [3.05, 3.63) is 62.6 Å². The Labute approximate surface area is 138 Å². The molecule has 0 radical (unpaired) electrons. The summed E-state index contributed by atoms with van der Waals surface area (Å²) in [5, 5.41) is 0.777. The van der Waals surface area contributed by atoms with E-state index in [1.165, 1.54) is 11.1 Å². The van der Waals surface area contributed by atoms with E-state index in [0.29, 0.717) is 6.54 Å². The van der Waals surface area contributed by atoms with Crippen LogP contribution >= 0.6 is 27.5 Å². The fourth-order valence-electron chi connectivity index (χ4n) is 2.86. The van der Waals surface area contributed by atoms with Gasteiger partial charge in [-0.25, -0.2) is 0 Å². The number of hydrogen-bond donors (Lipinski definition) is 1. The van der Waals surface area contributed by atoms with Crippen LogP contribution in [0.2, 0.25) is 5.02 Å². The van der Waals surface area contributed by atoms with Gasteiger partial charge in [0, 0.05) is 21.8 Å². The Hall–Kier alpha value is -1.03. The minimum Gasteiger partial charge on any atom is -0.493 e. The molecule has 0 spiro atoms. The monoisotopic (exact) mass is 365 g/mol. The molecule has 1 heterocycles. The standard InChI is InChI=1S/C17H17BrClNO/c18-15-3-1-2-11(7-15)14(10-20)6-13-9-16(19)8-12-4-5-21-17(12)13/h1-3,7-9,14H,4-6,10,20H2. The lowest BCUT2D eigenvalue weighted by Crippen LogP contribution is -2.15. The largest absolute Gasteiger partial charge is 0.493 e. The summed E-state index contributed by atoms with van der Waals surface area (Å²) in [6, 6.07) is 12.3. The minimum atomic E-state index is 0.259. The highest BCUT2D eigenvalue weighted by Gasteiger charge is 2.20. The molecule has 1 atom stereocenters. The molecule has 1 aliphatic rings. The molecule has 2 nitrogen and oxygen atoms in total. The molecule has 3 rings (SSSR count). The van der Waals surface area contributed by atoms with Gasteiger partial charge in [-0.1, -0.05) is 39.7 Å². The van der Waals surface area contributed by atoms with Gasteiger partial charge in [0.05, 0.1) is 6.61 Å². The van der Waals surface area contributed by atoms with Crippen molar-refractivity contribution in [2.75, 3.05) is 13.2 Å². The average molecular weight is 367 g/mol. The average Bonchev–Trinajstić information content (AvgIpc) is 2.92. The topological polar surface area (TPSA) is 35.2 Å². The number of hydrogen-bond acceptors (Lipinski definition) is 2. The Bertz CT molecular complexity index is 659. The smallest absolute Gasteiger partial charge is 0.125 e. The van der Waals surface area contributed by atoms with Crippen molar-refractivity contribution < 1.29 is 4.74 Å². The molecule has 2 aromatic rings. The lowest BCUT2D eigenvalue weighted by atomic mass is 9.91. The van der Waals surface area contributed by atoms with Gasteiger partial charge < -0.3 is 10.5 Å². The lowest BCUT2D eigenvalue weighted by Gasteiger charge is -2.18. The first-order valence-corrected chi connectivity index (χ1v) is 8.24. The second-order valence-electron chi connectivity index (χ2n) is 5.34. The first kappa shape index (κ1) is 14.9. The van der Waals surface area contributed by atoms with Crippen LogP contribution in [-0.4, -0.2) is 13.2 Å². The normalized spacial score (nSPS) is 14.6. The molecule has 0 aromatic heterocycles. The van der Waals surface area contributed by atoms with Gasteiger partial charge in [-0.05, 0) is 53.9 Å². The zero-order chi connectivity index (χ0) is 14.8. The molecular formula is C17H17BrClNO. The van der Waals surface area contributed by atoms with Gasteiger partial charge in [0.15, 0.2) is 0 Å². The maximum Gasteiger partial charge on any atom is 0.125 e. The van der Waals surface area contributed by atoms with Crippen molar-refractivity contribution in [1.82, 2.24) is 0 Å². The van der Waals surface area contributed by atoms with Crippen molar-refractivity contribution in [3.63, 3.8) is 0 Å². The van der Waals surface area contributed by atoms with Gasteiger partial charge in [0.1, 0.15) is 5.75 Å². The van der Waals surface area contributed by atoms with Crippen LogP contribution in [0.5, 0.6) is 5.75 Å². The van der Waals surface area contributed by atoms with Gasteiger partial charge in [-0.3, -0.25) is 0 Å². The molecule has 110 valence electrons. The fourth-order valence-corrected chi connectivity index (χ4v) is 3.54. The fraction of sp³-hybridized carbons (Fsp3) is 0.294. The number of halogens is 2. The van der Waals surface area contributed by atoms with Gasteiger partial charge in [-0.2, -0.15) is 0 Å². The number of rotatable bonds is 4. The molecule has 0 aliphatic carbocycles. The second kappa shape index (κ2) is 6.39. The van der Waals surface area contributed by atoms with Crippen molar-refractivity contribution >= 4 is 27.5 Å². The highest BCUT2D eigenvalue weighted by molar-refractivity contribution is 9.10. The third-order valence-electron chi connectivity index (χ3n) is 3.90. The van der Waals surface area contributed by atoms with E-state index in [9.17, 15) is 0 Å². The second-order valence-corrected chi connectivity index (χ2v) is 6.70. The summed E-state index contributed by atoms with van der Waals surface area (Å²) in [5.74, 6) is 1.27. The van der Waals surface area contributed by atoms with Crippen LogP contribution in [0.4, 0.5) is 0 Å². The first-order chi connectivity index (χ1) is 10.2. The van der Waals surface area contributed by atoms with E-state index in [-0.39, 0.29) is 5.92 Å². The van der Waals surface area contributed by atoms with Gasteiger partial charge in [0.2, 0.25) is 0 Å². The summed E-state index contributed by atoms with van der Waals surface area (Å²) in [4.78, 5) is 0. The first-order valence-electron chi connectivity index (χ1n) is 7.07. The predicted octanol–water partition coefficient (Wildman–Crippen LogP) is 4.32. The quantitative estimate of drug-likeness (QED) is 0.874. The molecule has 21 heavy (non-hydrogen) atoms. The third-order valence-corrected chi connectivity index (χ3v) is 4.61. The molecule has 2 N–H and O–H groups in total. The van der Waals surface area contributed by atoms with E-state index in [1.54, 1.807) is 0 Å². The SMILES string of the molecule is NCC(Cc1cc(Cl)cc2c1OCC2)c1cccc(Br)c1. The van der Waals surface area contributed by atoms with Crippen molar-refractivity contribution in [1.29, 1.82) is 0 Å². The summed E-state index contributed by atoms with van der Waals surface area (Å²) in [6.45, 7) is 1.34. The summed E-state index contributed by atoms with van der Waals surface area (Å²) in [6.07, 6.45) is 1.78. The number of nitrogens with two attached hydrogens (primary N) is 1. The molecule has 2 aromatic carbocycles. The minimum absolute atomic E-state index is 0.259. The van der Waals surface area contributed by atoms with Gasteiger partial charge in [0.25, 0.3) is 0 Å². The van der Waals surface area contributed by atoms with Crippen LogP contribution in [0.3, 0.4) is 0 Å². The van der Waals surface area contributed by atoms with Crippen LogP contribution in [0, 0.1) is 0 Å². The molecule has 0 fully saturated rings. The Balaban J connectivity index is 1.91. The van der Waals surface area contributed by atoms with Crippen LogP contribution in [-0.2, 0) is 12.8 Å². The number of ether oxygens (including phenoxy) is 1. The van der Waals surface area contributed by atoms with Crippen molar-refractivity contribution in [2.45, 2.75) is 18.8 Å². The molecule has 0 bridgehead atoms. The zero-order valence-electron chi connectivity index (χ0n) is 11.6. The Morgan fingerprint density at radius 1 is 1.29 bits per heavy atom. The predicted molar refractivity (Wildman–Crippen MR) is 90.3 cm³/mol. The number of fused-ring (bicyclic) bond motifs is 1. The van der Waals surface area contributed by atoms with E-state index in [4.69, 9.17) is 22.1 Å². The molecule has 0 amide bonds. The van der Waals surface area contributed by atoms with Crippen LogP contribution in [0.1, 0.15) is 22.6 Å². The maximum absolute atomic E-state index is 6.23. The van der Waals surface area contributed by atoms with E-state index < -0.39 is 0 Å². The molecule has 1 aliphatic heterocycles. The maximum atomic E-state index is 6.23. The van der Waals surface area contributed by atoms with Crippen LogP contribution < -0.4 is 10.5 Å². The molecule has 4 heteroatoms. The number of benzene rings is 2. The van der Waals surface area contributed by atoms with E-state index >= 15 is 0 Å².